The number of likely N-dealkylation sites (tertiary alicyclic amines) is 1. The number of amides is 1. The van der Waals surface area contributed by atoms with E-state index in [4.69, 9.17) is 0 Å². The van der Waals surface area contributed by atoms with E-state index in [0.29, 0.717) is 11.5 Å². The summed E-state index contributed by atoms with van der Waals surface area (Å²) in [4.78, 5) is 24.8. The van der Waals surface area contributed by atoms with E-state index in [1.54, 1.807) is 18.2 Å². The number of benzene rings is 1. The maximum absolute atomic E-state index is 12.4. The fourth-order valence-corrected chi connectivity index (χ4v) is 2.85. The molecule has 0 spiro atoms. The van der Waals surface area contributed by atoms with Gasteiger partial charge in [-0.15, -0.1) is 12.4 Å². The predicted molar refractivity (Wildman–Crippen MR) is 91.9 cm³/mol. The SMILES string of the molecule is CCNCC1CCN(C(=O)Cc2ccccc2[N+](=O)[O-])CC1.Cl. The molecule has 1 aromatic carbocycles. The summed E-state index contributed by atoms with van der Waals surface area (Å²) in [7, 11) is 0. The Labute approximate surface area is 142 Å². The Bertz CT molecular complexity index is 531. The van der Waals surface area contributed by atoms with Gasteiger partial charge in [0, 0.05) is 24.7 Å². The molecule has 0 unspecified atom stereocenters. The van der Waals surface area contributed by atoms with Gasteiger partial charge in [-0.3, -0.25) is 14.9 Å². The first-order valence-corrected chi connectivity index (χ1v) is 7.82. The molecule has 0 aromatic heterocycles. The molecule has 1 fully saturated rings. The quantitative estimate of drug-likeness (QED) is 0.637. The second-order valence-electron chi connectivity index (χ2n) is 5.69. The number of para-hydroxylation sites is 1. The monoisotopic (exact) mass is 341 g/mol. The second kappa shape index (κ2) is 9.47. The minimum atomic E-state index is -0.425. The standard InChI is InChI=1S/C16H23N3O3.ClH/c1-2-17-12-13-7-9-18(10-8-13)16(20)11-14-5-3-4-6-15(14)19(21)22;/h3-6,13,17H,2,7-12H2,1H3;1H. The lowest BCUT2D eigenvalue weighted by molar-refractivity contribution is -0.385. The Hall–Kier alpha value is -1.66. The topological polar surface area (TPSA) is 75.5 Å². The van der Waals surface area contributed by atoms with Gasteiger partial charge in [0.25, 0.3) is 5.69 Å². The summed E-state index contributed by atoms with van der Waals surface area (Å²) in [6.45, 7) is 5.55. The van der Waals surface area contributed by atoms with Crippen molar-refractivity contribution in [2.24, 2.45) is 5.92 Å². The van der Waals surface area contributed by atoms with Gasteiger partial charge < -0.3 is 10.2 Å². The largest absolute Gasteiger partial charge is 0.342 e. The van der Waals surface area contributed by atoms with Crippen LogP contribution in [0.1, 0.15) is 25.3 Å². The maximum atomic E-state index is 12.4. The Kier molecular flexibility index (Phi) is 7.98. The lowest BCUT2D eigenvalue weighted by Crippen LogP contribution is -2.41. The normalized spacial score (nSPS) is 15.1. The summed E-state index contributed by atoms with van der Waals surface area (Å²) >= 11 is 0. The van der Waals surface area contributed by atoms with Gasteiger partial charge >= 0.3 is 0 Å². The van der Waals surface area contributed by atoms with E-state index in [-0.39, 0.29) is 30.4 Å². The second-order valence-corrected chi connectivity index (χ2v) is 5.69. The highest BCUT2D eigenvalue weighted by Gasteiger charge is 2.24. The van der Waals surface area contributed by atoms with Crippen molar-refractivity contribution < 1.29 is 9.72 Å². The first-order valence-electron chi connectivity index (χ1n) is 7.82. The van der Waals surface area contributed by atoms with Crippen molar-refractivity contribution >= 4 is 24.0 Å². The first-order chi connectivity index (χ1) is 10.6. The molecule has 1 aliphatic rings. The summed E-state index contributed by atoms with van der Waals surface area (Å²) in [5.74, 6) is 0.603. The van der Waals surface area contributed by atoms with Crippen molar-refractivity contribution in [1.82, 2.24) is 10.2 Å². The van der Waals surface area contributed by atoms with Crippen molar-refractivity contribution in [3.05, 3.63) is 39.9 Å². The first kappa shape index (κ1) is 19.4. The average molecular weight is 342 g/mol. The number of hydrogen-bond acceptors (Lipinski definition) is 4. The van der Waals surface area contributed by atoms with Crippen LogP contribution in [0.25, 0.3) is 0 Å². The number of nitrogens with zero attached hydrogens (tertiary/aromatic N) is 2. The zero-order valence-electron chi connectivity index (χ0n) is 13.4. The molecule has 1 aromatic rings. The molecule has 1 N–H and O–H groups in total. The van der Waals surface area contributed by atoms with Crippen LogP contribution in [0.3, 0.4) is 0 Å². The van der Waals surface area contributed by atoms with Crippen LogP contribution in [-0.4, -0.2) is 41.9 Å². The number of nitro benzene ring substituents is 1. The summed E-state index contributed by atoms with van der Waals surface area (Å²) in [6.07, 6.45) is 2.10. The zero-order chi connectivity index (χ0) is 15.9. The molecule has 1 aliphatic heterocycles. The van der Waals surface area contributed by atoms with Crippen LogP contribution in [0.2, 0.25) is 0 Å². The third-order valence-corrected chi connectivity index (χ3v) is 4.18. The Balaban J connectivity index is 0.00000264. The minimum absolute atomic E-state index is 0. The van der Waals surface area contributed by atoms with Gasteiger partial charge in [0.1, 0.15) is 0 Å². The maximum Gasteiger partial charge on any atom is 0.273 e. The van der Waals surface area contributed by atoms with Crippen molar-refractivity contribution in [1.29, 1.82) is 0 Å². The third-order valence-electron chi connectivity index (χ3n) is 4.18. The molecule has 6 nitrogen and oxygen atoms in total. The molecule has 1 amide bonds. The van der Waals surface area contributed by atoms with Crippen LogP contribution in [0, 0.1) is 16.0 Å². The number of carbonyl (C=O) groups is 1. The highest BCUT2D eigenvalue weighted by molar-refractivity contribution is 5.85. The van der Waals surface area contributed by atoms with Gasteiger partial charge in [0.2, 0.25) is 5.91 Å². The van der Waals surface area contributed by atoms with E-state index in [2.05, 4.69) is 12.2 Å². The lowest BCUT2D eigenvalue weighted by atomic mass is 9.96. The van der Waals surface area contributed by atoms with Gasteiger partial charge in [-0.05, 0) is 31.8 Å². The average Bonchev–Trinajstić information content (AvgIpc) is 2.53. The van der Waals surface area contributed by atoms with E-state index < -0.39 is 4.92 Å². The van der Waals surface area contributed by atoms with Crippen LogP contribution in [0.4, 0.5) is 5.69 Å². The highest BCUT2D eigenvalue weighted by atomic mass is 35.5. The van der Waals surface area contributed by atoms with E-state index in [1.165, 1.54) is 6.07 Å². The van der Waals surface area contributed by atoms with Crippen molar-refractivity contribution in [2.75, 3.05) is 26.2 Å². The van der Waals surface area contributed by atoms with Crippen LogP contribution < -0.4 is 5.32 Å². The van der Waals surface area contributed by atoms with Gasteiger partial charge in [-0.1, -0.05) is 25.1 Å². The molecule has 0 bridgehead atoms. The molecule has 0 aliphatic carbocycles. The summed E-state index contributed by atoms with van der Waals surface area (Å²) in [5, 5.41) is 14.3. The van der Waals surface area contributed by atoms with Crippen LogP contribution in [-0.2, 0) is 11.2 Å². The fourth-order valence-electron chi connectivity index (χ4n) is 2.85. The molecule has 23 heavy (non-hydrogen) atoms. The van der Waals surface area contributed by atoms with Crippen LogP contribution >= 0.6 is 12.4 Å². The molecule has 0 saturated carbocycles. The molecular weight excluding hydrogens is 318 g/mol. The third kappa shape index (κ3) is 5.48. The Morgan fingerprint density at radius 2 is 2.00 bits per heavy atom. The minimum Gasteiger partial charge on any atom is -0.342 e. The summed E-state index contributed by atoms with van der Waals surface area (Å²) < 4.78 is 0. The number of carbonyl (C=O) groups excluding carboxylic acids is 1. The molecule has 1 heterocycles. The highest BCUT2D eigenvalue weighted by Crippen LogP contribution is 2.21. The van der Waals surface area contributed by atoms with E-state index in [1.807, 2.05) is 4.90 Å². The van der Waals surface area contributed by atoms with Crippen molar-refractivity contribution in [3.63, 3.8) is 0 Å². The molecule has 0 radical (unpaired) electrons. The molecule has 2 rings (SSSR count). The number of nitro groups is 1. The predicted octanol–water partition coefficient (Wildman–Crippen LogP) is 2.41. The molecular formula is C16H24ClN3O3. The Morgan fingerprint density at radius 1 is 1.35 bits per heavy atom. The van der Waals surface area contributed by atoms with Gasteiger partial charge in [-0.2, -0.15) is 0 Å². The van der Waals surface area contributed by atoms with Crippen molar-refractivity contribution in [3.8, 4) is 0 Å². The van der Waals surface area contributed by atoms with Crippen molar-refractivity contribution in [2.45, 2.75) is 26.2 Å². The number of piperidine rings is 1. The van der Waals surface area contributed by atoms with Gasteiger partial charge in [-0.25, -0.2) is 0 Å². The number of hydrogen-bond donors (Lipinski definition) is 1. The molecule has 1 saturated heterocycles. The molecule has 7 heteroatoms. The van der Waals surface area contributed by atoms with Crippen LogP contribution in [0.15, 0.2) is 24.3 Å². The summed E-state index contributed by atoms with van der Waals surface area (Å²) in [5.41, 5.74) is 0.519. The van der Waals surface area contributed by atoms with E-state index in [0.717, 1.165) is 39.0 Å². The smallest absolute Gasteiger partial charge is 0.273 e. The Morgan fingerprint density at radius 3 is 2.61 bits per heavy atom. The number of rotatable bonds is 6. The lowest BCUT2D eigenvalue weighted by Gasteiger charge is -2.32. The molecule has 0 atom stereocenters. The molecule has 128 valence electrons. The van der Waals surface area contributed by atoms with E-state index in [9.17, 15) is 14.9 Å². The number of halogens is 1. The van der Waals surface area contributed by atoms with Gasteiger partial charge in [0.05, 0.1) is 11.3 Å². The zero-order valence-corrected chi connectivity index (χ0v) is 14.2. The number of nitrogens with one attached hydrogen (secondary N) is 1. The van der Waals surface area contributed by atoms with E-state index >= 15 is 0 Å². The summed E-state index contributed by atoms with van der Waals surface area (Å²) in [6, 6.07) is 6.47. The fraction of sp³-hybridized carbons (Fsp3) is 0.562. The van der Waals surface area contributed by atoms with Crippen LogP contribution in [0.5, 0.6) is 0 Å². The van der Waals surface area contributed by atoms with Gasteiger partial charge in [0.15, 0.2) is 0 Å².